The molecule has 1 saturated heterocycles. The Balaban J connectivity index is 1.79. The number of benzene rings is 1. The highest BCUT2D eigenvalue weighted by atomic mass is 35.5. The Hall–Kier alpha value is -0.970. The van der Waals surface area contributed by atoms with E-state index in [0.717, 1.165) is 55.7 Å². The molecular formula is C14H22ClN3O. The van der Waals surface area contributed by atoms with Crippen molar-refractivity contribution in [3.63, 3.8) is 0 Å². The van der Waals surface area contributed by atoms with E-state index >= 15 is 0 Å². The van der Waals surface area contributed by atoms with Crippen molar-refractivity contribution >= 4 is 17.3 Å². The molecule has 1 heterocycles. The van der Waals surface area contributed by atoms with Gasteiger partial charge in [-0.25, -0.2) is 0 Å². The number of nitrogens with one attached hydrogen (secondary N) is 1. The Bertz CT molecular complexity index is 406. The van der Waals surface area contributed by atoms with Crippen molar-refractivity contribution in [3.05, 3.63) is 23.2 Å². The number of halogens is 1. The summed E-state index contributed by atoms with van der Waals surface area (Å²) < 4.78 is 5.20. The molecule has 4 nitrogen and oxygen atoms in total. The van der Waals surface area contributed by atoms with Gasteiger partial charge in [0.1, 0.15) is 5.75 Å². The normalized spacial score (nSPS) is 17.4. The van der Waals surface area contributed by atoms with Gasteiger partial charge in [-0.1, -0.05) is 11.6 Å². The number of nitrogens with zero attached hydrogens (tertiary/aromatic N) is 2. The fraction of sp³-hybridized carbons (Fsp3) is 0.571. The van der Waals surface area contributed by atoms with E-state index in [1.807, 2.05) is 18.2 Å². The molecule has 0 spiro atoms. The molecule has 19 heavy (non-hydrogen) atoms. The number of rotatable bonds is 5. The van der Waals surface area contributed by atoms with Gasteiger partial charge in [0.25, 0.3) is 0 Å². The molecule has 1 aromatic carbocycles. The van der Waals surface area contributed by atoms with Crippen molar-refractivity contribution in [1.29, 1.82) is 0 Å². The van der Waals surface area contributed by atoms with Crippen LogP contribution in [0.1, 0.15) is 0 Å². The Morgan fingerprint density at radius 2 is 2.00 bits per heavy atom. The summed E-state index contributed by atoms with van der Waals surface area (Å²) in [6, 6.07) is 5.67. The van der Waals surface area contributed by atoms with E-state index in [1.54, 1.807) is 7.11 Å². The van der Waals surface area contributed by atoms with E-state index in [9.17, 15) is 0 Å². The second-order valence-electron chi connectivity index (χ2n) is 4.92. The van der Waals surface area contributed by atoms with Crippen LogP contribution >= 0.6 is 11.6 Å². The lowest BCUT2D eigenvalue weighted by atomic mass is 10.3. The monoisotopic (exact) mass is 283 g/mol. The second-order valence-corrected chi connectivity index (χ2v) is 5.32. The molecule has 106 valence electrons. The van der Waals surface area contributed by atoms with Crippen molar-refractivity contribution < 1.29 is 4.74 Å². The zero-order valence-electron chi connectivity index (χ0n) is 11.7. The third-order valence-corrected chi connectivity index (χ3v) is 3.84. The van der Waals surface area contributed by atoms with Crippen molar-refractivity contribution in [2.45, 2.75) is 0 Å². The fourth-order valence-corrected chi connectivity index (χ4v) is 2.37. The average molecular weight is 284 g/mol. The highest BCUT2D eigenvalue weighted by Crippen LogP contribution is 2.26. The van der Waals surface area contributed by atoms with Gasteiger partial charge in [0, 0.05) is 45.3 Å². The van der Waals surface area contributed by atoms with Crippen LogP contribution in [-0.4, -0.2) is 63.2 Å². The maximum atomic E-state index is 6.16. The first-order valence-electron chi connectivity index (χ1n) is 6.67. The van der Waals surface area contributed by atoms with Crippen LogP contribution in [0.25, 0.3) is 0 Å². The standard InChI is InChI=1S/C14H22ClN3O/c1-17-7-9-18(10-8-17)6-5-16-14-11-12(19-2)3-4-13(14)15/h3-4,11,16H,5-10H2,1-2H3. The summed E-state index contributed by atoms with van der Waals surface area (Å²) in [5, 5.41) is 4.11. The lowest BCUT2D eigenvalue weighted by Gasteiger charge is -2.32. The van der Waals surface area contributed by atoms with Gasteiger partial charge in [-0.2, -0.15) is 0 Å². The Morgan fingerprint density at radius 3 is 2.68 bits per heavy atom. The van der Waals surface area contributed by atoms with Crippen molar-refractivity contribution in [2.75, 3.05) is 58.7 Å². The number of piperazine rings is 1. The number of ether oxygens (including phenoxy) is 1. The summed E-state index contributed by atoms with van der Waals surface area (Å²) in [7, 11) is 3.84. The molecule has 0 radical (unpaired) electrons. The van der Waals surface area contributed by atoms with Crippen molar-refractivity contribution in [1.82, 2.24) is 9.80 Å². The number of likely N-dealkylation sites (N-methyl/N-ethyl adjacent to an activating group) is 1. The van der Waals surface area contributed by atoms with E-state index < -0.39 is 0 Å². The molecule has 1 aliphatic rings. The molecule has 0 atom stereocenters. The number of anilines is 1. The molecule has 1 aromatic rings. The van der Waals surface area contributed by atoms with Crippen LogP contribution in [0.2, 0.25) is 5.02 Å². The van der Waals surface area contributed by atoms with E-state index in [4.69, 9.17) is 16.3 Å². The highest BCUT2D eigenvalue weighted by molar-refractivity contribution is 6.33. The van der Waals surface area contributed by atoms with Gasteiger partial charge in [0.2, 0.25) is 0 Å². The zero-order valence-corrected chi connectivity index (χ0v) is 12.4. The number of hydrogen-bond acceptors (Lipinski definition) is 4. The quantitative estimate of drug-likeness (QED) is 0.895. The summed E-state index contributed by atoms with van der Waals surface area (Å²) in [6.07, 6.45) is 0. The third kappa shape index (κ3) is 4.27. The van der Waals surface area contributed by atoms with E-state index in [2.05, 4.69) is 22.2 Å². The molecule has 0 aliphatic carbocycles. The number of hydrogen-bond donors (Lipinski definition) is 1. The van der Waals surface area contributed by atoms with Crippen LogP contribution < -0.4 is 10.1 Å². The Kier molecular flexibility index (Phi) is 5.31. The lowest BCUT2D eigenvalue weighted by molar-refractivity contribution is 0.158. The zero-order chi connectivity index (χ0) is 13.7. The van der Waals surface area contributed by atoms with Crippen LogP contribution in [0.4, 0.5) is 5.69 Å². The molecule has 2 rings (SSSR count). The lowest BCUT2D eigenvalue weighted by Crippen LogP contribution is -2.45. The van der Waals surface area contributed by atoms with Gasteiger partial charge in [-0.3, -0.25) is 4.90 Å². The topological polar surface area (TPSA) is 27.7 Å². The van der Waals surface area contributed by atoms with Crippen LogP contribution in [0.3, 0.4) is 0 Å². The maximum Gasteiger partial charge on any atom is 0.121 e. The van der Waals surface area contributed by atoms with Gasteiger partial charge in [0.15, 0.2) is 0 Å². The van der Waals surface area contributed by atoms with Gasteiger partial charge < -0.3 is 15.0 Å². The average Bonchev–Trinajstić information content (AvgIpc) is 2.43. The SMILES string of the molecule is COc1ccc(Cl)c(NCCN2CCN(C)CC2)c1. The van der Waals surface area contributed by atoms with Crippen LogP contribution in [0.15, 0.2) is 18.2 Å². The first kappa shape index (κ1) is 14.4. The molecule has 0 bridgehead atoms. The minimum atomic E-state index is 0.735. The van der Waals surface area contributed by atoms with E-state index in [0.29, 0.717) is 0 Å². The molecule has 1 fully saturated rings. The summed E-state index contributed by atoms with van der Waals surface area (Å²) >= 11 is 6.16. The molecular weight excluding hydrogens is 262 g/mol. The highest BCUT2D eigenvalue weighted by Gasteiger charge is 2.13. The predicted molar refractivity (Wildman–Crippen MR) is 80.4 cm³/mol. The van der Waals surface area contributed by atoms with Crippen molar-refractivity contribution in [3.8, 4) is 5.75 Å². The maximum absolute atomic E-state index is 6.16. The van der Waals surface area contributed by atoms with Crippen LogP contribution in [0.5, 0.6) is 5.75 Å². The largest absolute Gasteiger partial charge is 0.497 e. The van der Waals surface area contributed by atoms with Crippen LogP contribution in [0, 0.1) is 0 Å². The molecule has 0 aromatic heterocycles. The van der Waals surface area contributed by atoms with E-state index in [1.165, 1.54) is 0 Å². The summed E-state index contributed by atoms with van der Waals surface area (Å²) in [4.78, 5) is 4.84. The number of methoxy groups -OCH3 is 1. The molecule has 5 heteroatoms. The molecule has 0 saturated carbocycles. The second kappa shape index (κ2) is 6.98. The molecule has 0 amide bonds. The third-order valence-electron chi connectivity index (χ3n) is 3.51. The molecule has 0 unspecified atom stereocenters. The first-order chi connectivity index (χ1) is 9.19. The Labute approximate surface area is 120 Å². The van der Waals surface area contributed by atoms with Gasteiger partial charge in [0.05, 0.1) is 17.8 Å². The van der Waals surface area contributed by atoms with Gasteiger partial charge >= 0.3 is 0 Å². The predicted octanol–water partition coefficient (Wildman–Crippen LogP) is 2.01. The fourth-order valence-electron chi connectivity index (χ4n) is 2.19. The summed E-state index contributed by atoms with van der Waals surface area (Å²) in [6.45, 7) is 6.53. The molecule has 1 aliphatic heterocycles. The minimum absolute atomic E-state index is 0.735. The summed E-state index contributed by atoms with van der Waals surface area (Å²) in [5.74, 6) is 0.825. The van der Waals surface area contributed by atoms with Crippen molar-refractivity contribution in [2.24, 2.45) is 0 Å². The van der Waals surface area contributed by atoms with Gasteiger partial charge in [-0.15, -0.1) is 0 Å². The Morgan fingerprint density at radius 1 is 1.26 bits per heavy atom. The summed E-state index contributed by atoms with van der Waals surface area (Å²) in [5.41, 5.74) is 0.940. The minimum Gasteiger partial charge on any atom is -0.497 e. The smallest absolute Gasteiger partial charge is 0.121 e. The van der Waals surface area contributed by atoms with E-state index in [-0.39, 0.29) is 0 Å². The van der Waals surface area contributed by atoms with Crippen LogP contribution in [-0.2, 0) is 0 Å². The first-order valence-corrected chi connectivity index (χ1v) is 7.05. The molecule has 1 N–H and O–H groups in total. The van der Waals surface area contributed by atoms with Gasteiger partial charge in [-0.05, 0) is 19.2 Å².